The number of nitrogens with one attached hydrogen (secondary N) is 2. The fourth-order valence-corrected chi connectivity index (χ4v) is 3.50. The molecule has 2 aromatic rings. The monoisotopic (exact) mass is 414 g/mol. The average molecular weight is 415 g/mol. The molecule has 1 unspecified atom stereocenters. The summed E-state index contributed by atoms with van der Waals surface area (Å²) in [5, 5.41) is 17.3. The molecule has 0 saturated carbocycles. The van der Waals surface area contributed by atoms with Gasteiger partial charge in [-0.05, 0) is 25.0 Å². The van der Waals surface area contributed by atoms with Crippen molar-refractivity contribution < 1.29 is 9.84 Å². The first-order chi connectivity index (χ1) is 14.5. The van der Waals surface area contributed by atoms with Gasteiger partial charge in [-0.1, -0.05) is 24.3 Å². The van der Waals surface area contributed by atoms with Crippen molar-refractivity contribution in [2.45, 2.75) is 32.5 Å². The normalized spacial score (nSPS) is 17.5. The highest BCUT2D eigenvalue weighted by Gasteiger charge is 2.25. The maximum Gasteiger partial charge on any atom is 0.191 e. The van der Waals surface area contributed by atoms with Crippen molar-refractivity contribution in [1.82, 2.24) is 25.1 Å². The molecule has 1 atom stereocenters. The topological polar surface area (TPSA) is 86.9 Å². The third-order valence-corrected chi connectivity index (χ3v) is 4.98. The van der Waals surface area contributed by atoms with Gasteiger partial charge in [0, 0.05) is 51.7 Å². The van der Waals surface area contributed by atoms with E-state index >= 15 is 0 Å². The number of nitrogens with zero attached hydrogens (tertiary/aromatic N) is 4. The summed E-state index contributed by atoms with van der Waals surface area (Å²) in [5.74, 6) is 0.708. The zero-order valence-electron chi connectivity index (χ0n) is 18.0. The highest BCUT2D eigenvalue weighted by molar-refractivity contribution is 5.79. The molecule has 1 fully saturated rings. The zero-order valence-corrected chi connectivity index (χ0v) is 18.0. The van der Waals surface area contributed by atoms with Gasteiger partial charge in [0.15, 0.2) is 5.96 Å². The van der Waals surface area contributed by atoms with Crippen LogP contribution in [-0.2, 0) is 17.8 Å². The number of aliphatic hydroxyl groups is 1. The largest absolute Gasteiger partial charge is 0.387 e. The molecular weight excluding hydrogens is 380 g/mol. The number of benzene rings is 1. The second kappa shape index (κ2) is 11.1. The number of hydrogen-bond acceptors (Lipinski definition) is 5. The molecule has 0 amide bonds. The molecule has 3 rings (SSSR count). The molecule has 1 saturated heterocycles. The summed E-state index contributed by atoms with van der Waals surface area (Å²) in [6.45, 7) is 10.2. The predicted octanol–water partition coefficient (Wildman–Crippen LogP) is 1.07. The maximum absolute atomic E-state index is 10.8. The van der Waals surface area contributed by atoms with Crippen LogP contribution < -0.4 is 10.6 Å². The number of aliphatic imine (C=N–C) groups is 1. The second-order valence-electron chi connectivity index (χ2n) is 7.99. The molecular formula is C22H34N6O2. The number of hydrogen-bond donors (Lipinski definition) is 3. The Labute approximate surface area is 179 Å². The molecule has 1 aromatic heterocycles. The third-order valence-electron chi connectivity index (χ3n) is 4.98. The Hall–Kier alpha value is -2.42. The van der Waals surface area contributed by atoms with E-state index < -0.39 is 5.60 Å². The van der Waals surface area contributed by atoms with E-state index in [0.29, 0.717) is 25.6 Å². The molecule has 1 aliphatic heterocycles. The fraction of sp³-hybridized carbons (Fsp3) is 0.545. The number of guanidine groups is 1. The smallest absolute Gasteiger partial charge is 0.191 e. The summed E-state index contributed by atoms with van der Waals surface area (Å²) in [4.78, 5) is 11.0. The summed E-state index contributed by atoms with van der Waals surface area (Å²) in [7, 11) is 0. The Kier molecular flexibility index (Phi) is 8.24. The summed E-state index contributed by atoms with van der Waals surface area (Å²) in [6, 6.07) is 8.42. The molecule has 1 aliphatic rings. The van der Waals surface area contributed by atoms with Crippen molar-refractivity contribution in [2.75, 3.05) is 45.9 Å². The number of rotatable bonds is 9. The van der Waals surface area contributed by atoms with Gasteiger partial charge in [-0.2, -0.15) is 0 Å². The van der Waals surface area contributed by atoms with E-state index in [-0.39, 0.29) is 0 Å². The number of aromatic nitrogens is 2. The van der Waals surface area contributed by atoms with Gasteiger partial charge in [0.25, 0.3) is 0 Å². The Morgan fingerprint density at radius 2 is 2.07 bits per heavy atom. The predicted molar refractivity (Wildman–Crippen MR) is 118 cm³/mol. The first-order valence-electron chi connectivity index (χ1n) is 10.6. The van der Waals surface area contributed by atoms with Crippen molar-refractivity contribution in [3.05, 3.63) is 54.1 Å². The van der Waals surface area contributed by atoms with Crippen LogP contribution >= 0.6 is 0 Å². The molecule has 164 valence electrons. The molecule has 1 aromatic carbocycles. The number of imidazole rings is 1. The van der Waals surface area contributed by atoms with Gasteiger partial charge in [-0.25, -0.2) is 9.98 Å². The van der Waals surface area contributed by atoms with E-state index in [1.54, 1.807) is 6.20 Å². The molecule has 30 heavy (non-hydrogen) atoms. The third kappa shape index (κ3) is 7.44. The van der Waals surface area contributed by atoms with E-state index in [9.17, 15) is 5.11 Å². The molecule has 0 radical (unpaired) electrons. The van der Waals surface area contributed by atoms with Crippen LogP contribution in [-0.4, -0.2) is 77.1 Å². The van der Waals surface area contributed by atoms with E-state index in [2.05, 4.69) is 44.8 Å². The van der Waals surface area contributed by atoms with Gasteiger partial charge in [0.05, 0.1) is 31.7 Å². The van der Waals surface area contributed by atoms with Crippen LogP contribution in [0.1, 0.15) is 25.0 Å². The number of morpholine rings is 1. The Bertz CT molecular complexity index is 785. The molecule has 0 spiro atoms. The minimum atomic E-state index is -0.849. The van der Waals surface area contributed by atoms with Crippen LogP contribution in [0.25, 0.3) is 0 Å². The van der Waals surface area contributed by atoms with Crippen molar-refractivity contribution in [3.63, 3.8) is 0 Å². The quantitative estimate of drug-likeness (QED) is 0.420. The molecule has 3 N–H and O–H groups in total. The minimum absolute atomic E-state index is 0.427. The second-order valence-corrected chi connectivity index (χ2v) is 7.99. The van der Waals surface area contributed by atoms with Crippen LogP contribution in [0.3, 0.4) is 0 Å². The van der Waals surface area contributed by atoms with Crippen LogP contribution in [0.15, 0.2) is 48.0 Å². The van der Waals surface area contributed by atoms with Crippen LogP contribution in [0.2, 0.25) is 0 Å². The van der Waals surface area contributed by atoms with Crippen LogP contribution in [0.4, 0.5) is 0 Å². The van der Waals surface area contributed by atoms with Crippen molar-refractivity contribution >= 4 is 5.96 Å². The zero-order chi connectivity index (χ0) is 21.2. The van der Waals surface area contributed by atoms with Gasteiger partial charge in [-0.3, -0.25) is 4.90 Å². The van der Waals surface area contributed by atoms with E-state index in [1.165, 1.54) is 5.56 Å². The van der Waals surface area contributed by atoms with E-state index in [4.69, 9.17) is 9.73 Å². The molecule has 8 nitrogen and oxygen atoms in total. The van der Waals surface area contributed by atoms with Gasteiger partial charge in [0.1, 0.15) is 0 Å². The van der Waals surface area contributed by atoms with Crippen LogP contribution in [0.5, 0.6) is 0 Å². The summed E-state index contributed by atoms with van der Waals surface area (Å²) in [5.41, 5.74) is 1.51. The maximum atomic E-state index is 10.8. The summed E-state index contributed by atoms with van der Waals surface area (Å²) in [6.07, 6.45) is 5.57. The van der Waals surface area contributed by atoms with Crippen molar-refractivity contribution in [1.29, 1.82) is 0 Å². The lowest BCUT2D eigenvalue weighted by atomic mass is 10.1. The van der Waals surface area contributed by atoms with Crippen LogP contribution in [0, 0.1) is 0 Å². The summed E-state index contributed by atoms with van der Waals surface area (Å²) < 4.78 is 7.43. The fourth-order valence-electron chi connectivity index (χ4n) is 3.50. The molecule has 0 aliphatic carbocycles. The Morgan fingerprint density at radius 1 is 1.27 bits per heavy atom. The number of ether oxygens (including phenoxy) is 1. The molecule has 0 bridgehead atoms. The van der Waals surface area contributed by atoms with Gasteiger partial charge in [0.2, 0.25) is 0 Å². The SMILES string of the molecule is CCNC(=NCc1cccc(Cn2ccnc2)c1)NCC(C)(O)CN1CCOCC1. The van der Waals surface area contributed by atoms with Gasteiger partial charge in [-0.15, -0.1) is 0 Å². The Morgan fingerprint density at radius 3 is 2.80 bits per heavy atom. The van der Waals surface area contributed by atoms with Gasteiger partial charge >= 0.3 is 0 Å². The summed E-state index contributed by atoms with van der Waals surface area (Å²) >= 11 is 0. The van der Waals surface area contributed by atoms with Crippen molar-refractivity contribution in [3.8, 4) is 0 Å². The van der Waals surface area contributed by atoms with Crippen molar-refractivity contribution in [2.24, 2.45) is 4.99 Å². The molecule has 8 heteroatoms. The minimum Gasteiger partial charge on any atom is -0.387 e. The first kappa shape index (κ1) is 22.3. The highest BCUT2D eigenvalue weighted by atomic mass is 16.5. The van der Waals surface area contributed by atoms with E-state index in [1.807, 2.05) is 30.9 Å². The lowest BCUT2D eigenvalue weighted by Gasteiger charge is -2.34. The lowest BCUT2D eigenvalue weighted by molar-refractivity contribution is -0.0201. The Balaban J connectivity index is 1.54. The standard InChI is InChI=1S/C22H34N6O2/c1-3-24-21(26-16-22(2,29)17-27-9-11-30-12-10-27)25-14-19-5-4-6-20(13-19)15-28-8-7-23-18-28/h4-8,13,18,29H,3,9-12,14-17H2,1-2H3,(H2,24,25,26). The van der Waals surface area contributed by atoms with E-state index in [0.717, 1.165) is 45.0 Å². The first-order valence-corrected chi connectivity index (χ1v) is 10.6. The average Bonchev–Trinajstić information content (AvgIpc) is 3.24. The lowest BCUT2D eigenvalue weighted by Crippen LogP contribution is -2.52. The van der Waals surface area contributed by atoms with Gasteiger partial charge < -0.3 is 25.0 Å². The highest BCUT2D eigenvalue weighted by Crippen LogP contribution is 2.10. The molecule has 2 heterocycles. The number of β-amino-alcohol motifs (C(OH)–C–C–N with tert-alkyl or cyclic N) is 1.